The molecule has 1 aromatic rings. The number of hydrogen-bond acceptors (Lipinski definition) is 2. The summed E-state index contributed by atoms with van der Waals surface area (Å²) in [6.07, 6.45) is -2.50. The van der Waals surface area contributed by atoms with Crippen molar-refractivity contribution in [2.45, 2.75) is 32.0 Å². The molecule has 0 saturated carbocycles. The van der Waals surface area contributed by atoms with Crippen LogP contribution < -0.4 is 5.32 Å². The molecule has 2 nitrogen and oxygen atoms in total. The van der Waals surface area contributed by atoms with Gasteiger partial charge < -0.3 is 5.32 Å². The average molecular weight is 284 g/mol. The van der Waals surface area contributed by atoms with Crippen LogP contribution in [0.1, 0.15) is 24.0 Å². The van der Waals surface area contributed by atoms with Gasteiger partial charge in [-0.3, -0.25) is 4.90 Å². The summed E-state index contributed by atoms with van der Waals surface area (Å²) in [4.78, 5) is 2.12. The number of fused-ring (bicyclic) bond motifs is 1. The van der Waals surface area contributed by atoms with Crippen LogP contribution in [0.3, 0.4) is 0 Å². The maximum atomic E-state index is 12.6. The van der Waals surface area contributed by atoms with Crippen molar-refractivity contribution in [3.05, 3.63) is 29.3 Å². The topological polar surface area (TPSA) is 15.3 Å². The SMILES string of the molecule is FC(F)(F)C1CCN(Cc2ccc3c(c2)NCC3)CC1. The molecule has 2 aliphatic heterocycles. The van der Waals surface area contributed by atoms with Crippen LogP contribution in [0.15, 0.2) is 18.2 Å². The first-order valence-electron chi connectivity index (χ1n) is 7.17. The molecule has 0 radical (unpaired) electrons. The van der Waals surface area contributed by atoms with Crippen molar-refractivity contribution >= 4 is 5.69 Å². The Labute approximate surface area is 117 Å². The Bertz CT molecular complexity index is 476. The molecule has 1 aromatic carbocycles. The minimum Gasteiger partial charge on any atom is -0.384 e. The van der Waals surface area contributed by atoms with Crippen molar-refractivity contribution in [1.82, 2.24) is 4.90 Å². The number of nitrogens with zero attached hydrogens (tertiary/aromatic N) is 1. The first-order chi connectivity index (χ1) is 9.52. The zero-order valence-corrected chi connectivity index (χ0v) is 11.3. The number of nitrogens with one attached hydrogen (secondary N) is 1. The van der Waals surface area contributed by atoms with E-state index < -0.39 is 12.1 Å². The summed E-state index contributed by atoms with van der Waals surface area (Å²) < 4.78 is 37.9. The van der Waals surface area contributed by atoms with Crippen LogP contribution in [0.5, 0.6) is 0 Å². The normalized spacial score (nSPS) is 20.8. The molecule has 0 amide bonds. The van der Waals surface area contributed by atoms with Gasteiger partial charge in [0.2, 0.25) is 0 Å². The highest BCUT2D eigenvalue weighted by molar-refractivity contribution is 5.57. The van der Waals surface area contributed by atoms with E-state index in [1.807, 2.05) is 0 Å². The first kappa shape index (κ1) is 13.7. The smallest absolute Gasteiger partial charge is 0.384 e. The number of rotatable bonds is 2. The molecule has 110 valence electrons. The fourth-order valence-electron chi connectivity index (χ4n) is 3.11. The lowest BCUT2D eigenvalue weighted by atomic mass is 9.96. The molecule has 3 rings (SSSR count). The fourth-order valence-corrected chi connectivity index (χ4v) is 3.11. The minimum atomic E-state index is -4.02. The summed E-state index contributed by atoms with van der Waals surface area (Å²) in [6, 6.07) is 6.37. The van der Waals surface area contributed by atoms with Crippen molar-refractivity contribution in [1.29, 1.82) is 0 Å². The first-order valence-corrected chi connectivity index (χ1v) is 7.17. The number of anilines is 1. The third-order valence-electron chi connectivity index (χ3n) is 4.34. The van der Waals surface area contributed by atoms with E-state index in [0.717, 1.165) is 19.5 Å². The number of alkyl halides is 3. The zero-order valence-electron chi connectivity index (χ0n) is 11.3. The van der Waals surface area contributed by atoms with Crippen LogP contribution >= 0.6 is 0 Å². The Kier molecular flexibility index (Phi) is 3.63. The monoisotopic (exact) mass is 284 g/mol. The standard InChI is InChI=1S/C15H19F3N2/c16-15(17,18)13-4-7-20(8-5-13)10-11-1-2-12-3-6-19-14(12)9-11/h1-2,9,13,19H,3-8,10H2. The second-order valence-electron chi connectivity index (χ2n) is 5.76. The molecule has 1 N–H and O–H groups in total. The Hall–Kier alpha value is -1.23. The molecule has 0 unspecified atom stereocenters. The number of piperidine rings is 1. The Morgan fingerprint density at radius 3 is 2.65 bits per heavy atom. The van der Waals surface area contributed by atoms with E-state index in [0.29, 0.717) is 13.1 Å². The number of hydrogen-bond donors (Lipinski definition) is 1. The molecule has 5 heteroatoms. The molecule has 0 atom stereocenters. The van der Waals surface area contributed by atoms with Crippen molar-refractivity contribution < 1.29 is 13.2 Å². The molecule has 0 spiro atoms. The number of likely N-dealkylation sites (tertiary alicyclic amines) is 1. The van der Waals surface area contributed by atoms with Crippen LogP contribution in [0.2, 0.25) is 0 Å². The number of benzene rings is 1. The second kappa shape index (κ2) is 5.28. The third-order valence-corrected chi connectivity index (χ3v) is 4.34. The lowest BCUT2D eigenvalue weighted by Gasteiger charge is -2.32. The highest BCUT2D eigenvalue weighted by Gasteiger charge is 2.40. The van der Waals surface area contributed by atoms with Crippen LogP contribution in [0.4, 0.5) is 18.9 Å². The molecular weight excluding hydrogens is 265 g/mol. The second-order valence-corrected chi connectivity index (χ2v) is 5.76. The molecular formula is C15H19F3N2. The summed E-state index contributed by atoms with van der Waals surface area (Å²) in [7, 11) is 0. The number of halogens is 3. The fraction of sp³-hybridized carbons (Fsp3) is 0.600. The predicted octanol–water partition coefficient (Wildman–Crippen LogP) is 3.43. The van der Waals surface area contributed by atoms with E-state index in [-0.39, 0.29) is 12.8 Å². The molecule has 1 saturated heterocycles. The molecule has 1 fully saturated rings. The zero-order chi connectivity index (χ0) is 14.2. The van der Waals surface area contributed by atoms with E-state index in [2.05, 4.69) is 28.4 Å². The van der Waals surface area contributed by atoms with Gasteiger partial charge in [0.15, 0.2) is 0 Å². The largest absolute Gasteiger partial charge is 0.391 e. The molecule has 2 aliphatic rings. The lowest BCUT2D eigenvalue weighted by molar-refractivity contribution is -0.185. The molecule has 20 heavy (non-hydrogen) atoms. The van der Waals surface area contributed by atoms with Crippen molar-refractivity contribution in [2.75, 3.05) is 25.0 Å². The molecule has 0 bridgehead atoms. The van der Waals surface area contributed by atoms with E-state index in [1.54, 1.807) is 0 Å². The third kappa shape index (κ3) is 2.92. The Morgan fingerprint density at radius 1 is 1.20 bits per heavy atom. The summed E-state index contributed by atoms with van der Waals surface area (Å²) >= 11 is 0. The van der Waals surface area contributed by atoms with Crippen LogP contribution in [0.25, 0.3) is 0 Å². The Morgan fingerprint density at radius 2 is 1.95 bits per heavy atom. The van der Waals surface area contributed by atoms with Crippen molar-refractivity contribution in [3.63, 3.8) is 0 Å². The van der Waals surface area contributed by atoms with Gasteiger partial charge >= 0.3 is 6.18 Å². The van der Waals surface area contributed by atoms with Gasteiger partial charge in [-0.25, -0.2) is 0 Å². The van der Waals surface area contributed by atoms with Crippen LogP contribution in [-0.2, 0) is 13.0 Å². The molecule has 0 aromatic heterocycles. The summed E-state index contributed by atoms with van der Waals surface area (Å²) in [6.45, 7) is 2.80. The van der Waals surface area contributed by atoms with Crippen LogP contribution in [-0.4, -0.2) is 30.7 Å². The van der Waals surface area contributed by atoms with Crippen LogP contribution in [0, 0.1) is 5.92 Å². The van der Waals surface area contributed by atoms with Crippen molar-refractivity contribution in [2.24, 2.45) is 5.92 Å². The van der Waals surface area contributed by atoms with Gasteiger partial charge in [0, 0.05) is 18.8 Å². The van der Waals surface area contributed by atoms with E-state index in [1.165, 1.54) is 16.8 Å². The summed E-state index contributed by atoms with van der Waals surface area (Å²) in [5, 5.41) is 3.34. The van der Waals surface area contributed by atoms with Crippen molar-refractivity contribution in [3.8, 4) is 0 Å². The molecule has 2 heterocycles. The highest BCUT2D eigenvalue weighted by atomic mass is 19.4. The van der Waals surface area contributed by atoms with Gasteiger partial charge in [0.05, 0.1) is 5.92 Å². The minimum absolute atomic E-state index is 0.229. The van der Waals surface area contributed by atoms with Gasteiger partial charge in [0.25, 0.3) is 0 Å². The van der Waals surface area contributed by atoms with Gasteiger partial charge in [-0.15, -0.1) is 0 Å². The van der Waals surface area contributed by atoms with E-state index in [9.17, 15) is 13.2 Å². The average Bonchev–Trinajstić information content (AvgIpc) is 2.86. The van der Waals surface area contributed by atoms with E-state index in [4.69, 9.17) is 0 Å². The highest BCUT2D eigenvalue weighted by Crippen LogP contribution is 2.34. The summed E-state index contributed by atoms with van der Waals surface area (Å²) in [5.41, 5.74) is 3.71. The maximum Gasteiger partial charge on any atom is 0.391 e. The summed E-state index contributed by atoms with van der Waals surface area (Å²) in [5.74, 6) is -1.11. The molecule has 0 aliphatic carbocycles. The quantitative estimate of drug-likeness (QED) is 0.895. The van der Waals surface area contributed by atoms with Gasteiger partial charge in [-0.2, -0.15) is 13.2 Å². The van der Waals surface area contributed by atoms with E-state index >= 15 is 0 Å². The van der Waals surface area contributed by atoms with Gasteiger partial charge in [-0.1, -0.05) is 12.1 Å². The predicted molar refractivity (Wildman–Crippen MR) is 72.7 cm³/mol. The lowest BCUT2D eigenvalue weighted by Crippen LogP contribution is -2.38. The van der Waals surface area contributed by atoms with Gasteiger partial charge in [-0.05, 0) is 49.5 Å². The Balaban J connectivity index is 1.57. The maximum absolute atomic E-state index is 12.6. The van der Waals surface area contributed by atoms with Gasteiger partial charge in [0.1, 0.15) is 0 Å².